The molecule has 0 aliphatic carbocycles. The highest BCUT2D eigenvalue weighted by Gasteiger charge is 2.15. The quantitative estimate of drug-likeness (QED) is 0.269. The first kappa shape index (κ1) is 24.8. The van der Waals surface area contributed by atoms with Crippen molar-refractivity contribution in [2.75, 3.05) is 11.9 Å². The summed E-state index contributed by atoms with van der Waals surface area (Å²) in [7, 11) is 0. The van der Waals surface area contributed by atoms with E-state index in [4.69, 9.17) is 21.1 Å². The van der Waals surface area contributed by atoms with Gasteiger partial charge in [0, 0.05) is 10.7 Å². The minimum Gasteiger partial charge on any atom is -0.490 e. The molecule has 0 saturated heterocycles. The molecule has 0 fully saturated rings. The Morgan fingerprint density at radius 1 is 0.971 bits per heavy atom. The summed E-state index contributed by atoms with van der Waals surface area (Å²) in [6, 6.07) is 18.4. The number of carbonyl (C=O) groups is 2. The number of hydrogen-bond donors (Lipinski definition) is 2. The number of hydrazone groups is 1. The highest BCUT2D eigenvalue weighted by molar-refractivity contribution is 6.40. The van der Waals surface area contributed by atoms with E-state index in [1.807, 2.05) is 38.1 Å². The molecular formula is C26H26ClN3O4. The number of halogens is 1. The number of ether oxygens (including phenoxy) is 2. The van der Waals surface area contributed by atoms with Gasteiger partial charge in [0.2, 0.25) is 0 Å². The lowest BCUT2D eigenvalue weighted by atomic mass is 10.1. The maximum Gasteiger partial charge on any atom is 0.329 e. The Hall–Kier alpha value is -3.84. The molecule has 0 spiro atoms. The summed E-state index contributed by atoms with van der Waals surface area (Å²) in [5.74, 6) is -0.598. The lowest BCUT2D eigenvalue weighted by Crippen LogP contribution is -2.32. The molecule has 0 saturated carbocycles. The van der Waals surface area contributed by atoms with Crippen LogP contribution in [0.15, 0.2) is 65.8 Å². The number of nitrogens with one attached hydrogen (secondary N) is 2. The molecule has 176 valence electrons. The Morgan fingerprint density at radius 3 is 2.53 bits per heavy atom. The Balaban J connectivity index is 1.61. The van der Waals surface area contributed by atoms with Gasteiger partial charge in [0.15, 0.2) is 11.5 Å². The molecule has 3 rings (SSSR count). The molecule has 8 heteroatoms. The van der Waals surface area contributed by atoms with Gasteiger partial charge in [-0.1, -0.05) is 41.9 Å². The second-order valence-electron chi connectivity index (χ2n) is 7.42. The predicted octanol–water partition coefficient (Wildman–Crippen LogP) is 5.02. The lowest BCUT2D eigenvalue weighted by Gasteiger charge is -2.13. The molecule has 0 aliphatic heterocycles. The molecule has 7 nitrogen and oxygen atoms in total. The number of hydrogen-bond acceptors (Lipinski definition) is 5. The topological polar surface area (TPSA) is 89.0 Å². The average Bonchev–Trinajstić information content (AvgIpc) is 2.82. The van der Waals surface area contributed by atoms with Gasteiger partial charge in [0.1, 0.15) is 6.61 Å². The van der Waals surface area contributed by atoms with Crippen LogP contribution in [0.4, 0.5) is 5.69 Å². The van der Waals surface area contributed by atoms with Gasteiger partial charge in [0.05, 0.1) is 12.8 Å². The molecule has 2 amide bonds. The normalized spacial score (nSPS) is 10.7. The zero-order valence-electron chi connectivity index (χ0n) is 19.2. The number of amides is 2. The van der Waals surface area contributed by atoms with Crippen LogP contribution in [0, 0.1) is 13.8 Å². The van der Waals surface area contributed by atoms with Crippen LogP contribution >= 0.6 is 11.6 Å². The fraction of sp³-hybridized carbons (Fsp3) is 0.192. The van der Waals surface area contributed by atoms with E-state index in [2.05, 4.69) is 15.8 Å². The summed E-state index contributed by atoms with van der Waals surface area (Å²) in [6.07, 6.45) is 1.42. The first-order valence-electron chi connectivity index (χ1n) is 10.7. The molecule has 0 bridgehead atoms. The second kappa shape index (κ2) is 11.9. The van der Waals surface area contributed by atoms with Crippen LogP contribution in [0.5, 0.6) is 11.5 Å². The Kier molecular flexibility index (Phi) is 8.65. The zero-order chi connectivity index (χ0) is 24.5. The first-order valence-corrected chi connectivity index (χ1v) is 11.1. The number of carbonyl (C=O) groups excluding carboxylic acids is 2. The maximum absolute atomic E-state index is 12.1. The summed E-state index contributed by atoms with van der Waals surface area (Å²) in [4.78, 5) is 24.2. The van der Waals surface area contributed by atoms with E-state index in [0.29, 0.717) is 46.5 Å². The molecule has 0 aromatic heterocycles. The van der Waals surface area contributed by atoms with E-state index in [1.165, 1.54) is 6.21 Å². The summed E-state index contributed by atoms with van der Waals surface area (Å²) in [6.45, 7) is 6.54. The van der Waals surface area contributed by atoms with Gasteiger partial charge < -0.3 is 14.8 Å². The zero-order valence-corrected chi connectivity index (χ0v) is 20.0. The van der Waals surface area contributed by atoms with E-state index in [-0.39, 0.29) is 0 Å². The minimum absolute atomic E-state index is 0.414. The average molecular weight is 480 g/mol. The number of rotatable bonds is 8. The molecule has 3 aromatic rings. The van der Waals surface area contributed by atoms with Crippen LogP contribution in [-0.2, 0) is 16.2 Å². The van der Waals surface area contributed by atoms with Gasteiger partial charge in [-0.25, -0.2) is 5.43 Å². The van der Waals surface area contributed by atoms with Crippen LogP contribution in [-0.4, -0.2) is 24.6 Å². The van der Waals surface area contributed by atoms with Gasteiger partial charge in [-0.05, 0) is 73.4 Å². The number of benzene rings is 3. The Morgan fingerprint density at radius 2 is 1.76 bits per heavy atom. The molecular weight excluding hydrogens is 454 g/mol. The van der Waals surface area contributed by atoms with Crippen molar-refractivity contribution in [1.82, 2.24) is 5.43 Å². The van der Waals surface area contributed by atoms with Crippen molar-refractivity contribution in [3.05, 3.63) is 87.9 Å². The maximum atomic E-state index is 12.1. The third kappa shape index (κ3) is 6.59. The monoisotopic (exact) mass is 479 g/mol. The van der Waals surface area contributed by atoms with Crippen LogP contribution in [0.3, 0.4) is 0 Å². The van der Waals surface area contributed by atoms with E-state index >= 15 is 0 Å². The van der Waals surface area contributed by atoms with Gasteiger partial charge in [0.25, 0.3) is 0 Å². The van der Waals surface area contributed by atoms with Crippen molar-refractivity contribution in [2.45, 2.75) is 27.4 Å². The van der Waals surface area contributed by atoms with Crippen molar-refractivity contribution in [3.63, 3.8) is 0 Å². The standard InChI is InChI=1S/C26H26ClN3O4/c1-4-33-24-14-19(12-13-23(24)34-16-20-9-6-5-8-17(20)2)15-28-30-26(32)25(31)29-22-11-7-10-21(27)18(22)3/h5-15H,4,16H2,1-3H3,(H,29,31)(H,30,32). The van der Waals surface area contributed by atoms with Crippen LogP contribution in [0.1, 0.15) is 29.2 Å². The van der Waals surface area contributed by atoms with Gasteiger partial charge >= 0.3 is 11.8 Å². The molecule has 0 atom stereocenters. The van der Waals surface area contributed by atoms with E-state index in [1.54, 1.807) is 43.3 Å². The predicted molar refractivity (Wildman–Crippen MR) is 134 cm³/mol. The van der Waals surface area contributed by atoms with E-state index < -0.39 is 11.8 Å². The number of anilines is 1. The number of nitrogens with zero attached hydrogens (tertiary/aromatic N) is 1. The summed E-state index contributed by atoms with van der Waals surface area (Å²) < 4.78 is 11.7. The SMILES string of the molecule is CCOc1cc(C=NNC(=O)C(=O)Nc2cccc(Cl)c2C)ccc1OCc1ccccc1C. The fourth-order valence-corrected chi connectivity index (χ4v) is 3.23. The van der Waals surface area contributed by atoms with E-state index in [9.17, 15) is 9.59 Å². The second-order valence-corrected chi connectivity index (χ2v) is 7.83. The van der Waals surface area contributed by atoms with Crippen LogP contribution < -0.4 is 20.2 Å². The highest BCUT2D eigenvalue weighted by atomic mass is 35.5. The lowest BCUT2D eigenvalue weighted by molar-refractivity contribution is -0.136. The number of aryl methyl sites for hydroxylation is 1. The Labute approximate surface area is 203 Å². The van der Waals surface area contributed by atoms with Crippen LogP contribution in [0.25, 0.3) is 0 Å². The fourth-order valence-electron chi connectivity index (χ4n) is 3.06. The largest absolute Gasteiger partial charge is 0.490 e. The van der Waals surface area contributed by atoms with Crippen molar-refractivity contribution in [2.24, 2.45) is 5.10 Å². The third-order valence-corrected chi connectivity index (χ3v) is 5.42. The van der Waals surface area contributed by atoms with Crippen LogP contribution in [0.2, 0.25) is 5.02 Å². The molecule has 34 heavy (non-hydrogen) atoms. The summed E-state index contributed by atoms with van der Waals surface area (Å²) in [5.41, 5.74) is 6.24. The Bertz CT molecular complexity index is 1210. The molecule has 0 aliphatic rings. The molecule has 2 N–H and O–H groups in total. The van der Waals surface area contributed by atoms with Crippen molar-refractivity contribution < 1.29 is 19.1 Å². The first-order chi connectivity index (χ1) is 16.4. The summed E-state index contributed by atoms with van der Waals surface area (Å²) in [5, 5.41) is 6.88. The van der Waals surface area contributed by atoms with E-state index in [0.717, 1.165) is 11.1 Å². The highest BCUT2D eigenvalue weighted by Crippen LogP contribution is 2.29. The molecule has 0 heterocycles. The minimum atomic E-state index is -0.904. The van der Waals surface area contributed by atoms with Gasteiger partial charge in [-0.3, -0.25) is 9.59 Å². The molecule has 0 radical (unpaired) electrons. The molecule has 0 unspecified atom stereocenters. The summed E-state index contributed by atoms with van der Waals surface area (Å²) >= 11 is 6.04. The van der Waals surface area contributed by atoms with Crippen molar-refractivity contribution in [3.8, 4) is 11.5 Å². The van der Waals surface area contributed by atoms with Crippen molar-refractivity contribution in [1.29, 1.82) is 0 Å². The van der Waals surface area contributed by atoms with Gasteiger partial charge in [-0.15, -0.1) is 0 Å². The smallest absolute Gasteiger partial charge is 0.329 e. The third-order valence-electron chi connectivity index (χ3n) is 5.01. The molecule has 3 aromatic carbocycles. The van der Waals surface area contributed by atoms with Crippen molar-refractivity contribution >= 4 is 35.3 Å². The van der Waals surface area contributed by atoms with Gasteiger partial charge in [-0.2, -0.15) is 5.10 Å².